The lowest BCUT2D eigenvalue weighted by Gasteiger charge is -2.29. The highest BCUT2D eigenvalue weighted by molar-refractivity contribution is 6.32. The van der Waals surface area contributed by atoms with Gasteiger partial charge < -0.3 is 15.0 Å². The molecule has 104 valence electrons. The second-order valence-corrected chi connectivity index (χ2v) is 4.19. The molecule has 1 heterocycles. The van der Waals surface area contributed by atoms with Crippen LogP contribution >= 0.6 is 36.4 Å². The minimum absolute atomic E-state index is 0. The summed E-state index contributed by atoms with van der Waals surface area (Å²) in [6.45, 7) is 6.75. The summed E-state index contributed by atoms with van der Waals surface area (Å²) in [5, 5.41) is 4.02. The van der Waals surface area contributed by atoms with E-state index < -0.39 is 0 Å². The molecule has 0 saturated carbocycles. The van der Waals surface area contributed by atoms with Gasteiger partial charge >= 0.3 is 0 Å². The van der Waals surface area contributed by atoms with Gasteiger partial charge in [0.15, 0.2) is 0 Å². The third-order valence-corrected chi connectivity index (χ3v) is 3.01. The predicted octanol–water partition coefficient (Wildman–Crippen LogP) is 2.99. The lowest BCUT2D eigenvalue weighted by molar-refractivity contribution is 0.340. The van der Waals surface area contributed by atoms with E-state index in [4.69, 9.17) is 16.3 Å². The number of benzene rings is 1. The van der Waals surface area contributed by atoms with Gasteiger partial charge in [-0.2, -0.15) is 0 Å². The van der Waals surface area contributed by atoms with E-state index in [0.29, 0.717) is 11.6 Å². The van der Waals surface area contributed by atoms with Crippen LogP contribution in [0.5, 0.6) is 5.75 Å². The molecular weight excluding hydrogens is 295 g/mol. The van der Waals surface area contributed by atoms with Crippen molar-refractivity contribution in [3.8, 4) is 5.75 Å². The third kappa shape index (κ3) is 4.39. The lowest BCUT2D eigenvalue weighted by Crippen LogP contribution is -2.43. The molecule has 0 aliphatic carbocycles. The summed E-state index contributed by atoms with van der Waals surface area (Å²) in [5.41, 5.74) is 1.19. The first-order chi connectivity index (χ1) is 7.81. The molecular formula is C12H19Cl3N2O. The Morgan fingerprint density at radius 1 is 1.28 bits per heavy atom. The molecule has 0 spiro atoms. The van der Waals surface area contributed by atoms with Gasteiger partial charge in [0.05, 0.1) is 11.6 Å². The van der Waals surface area contributed by atoms with E-state index in [0.717, 1.165) is 31.9 Å². The molecule has 0 radical (unpaired) electrons. The summed E-state index contributed by atoms with van der Waals surface area (Å²) in [6.07, 6.45) is 0. The van der Waals surface area contributed by atoms with Crippen molar-refractivity contribution in [2.45, 2.75) is 6.92 Å². The first-order valence-corrected chi connectivity index (χ1v) is 6.07. The maximum Gasteiger partial charge on any atom is 0.139 e. The fourth-order valence-electron chi connectivity index (χ4n) is 1.88. The molecule has 1 N–H and O–H groups in total. The average Bonchev–Trinajstić information content (AvgIpc) is 2.33. The summed E-state index contributed by atoms with van der Waals surface area (Å²) in [4.78, 5) is 2.34. The van der Waals surface area contributed by atoms with Crippen LogP contribution in [0, 0.1) is 0 Å². The van der Waals surface area contributed by atoms with Crippen LogP contribution in [0.4, 0.5) is 5.69 Å². The molecule has 0 atom stereocenters. The van der Waals surface area contributed by atoms with E-state index >= 15 is 0 Å². The number of rotatable bonds is 3. The van der Waals surface area contributed by atoms with Crippen molar-refractivity contribution in [2.75, 3.05) is 37.7 Å². The van der Waals surface area contributed by atoms with Crippen molar-refractivity contribution in [3.05, 3.63) is 23.2 Å². The van der Waals surface area contributed by atoms with Crippen LogP contribution in [0.25, 0.3) is 0 Å². The Hall–Kier alpha value is -0.350. The van der Waals surface area contributed by atoms with Gasteiger partial charge in [-0.05, 0) is 19.1 Å². The molecule has 1 aromatic rings. The van der Waals surface area contributed by atoms with E-state index in [2.05, 4.69) is 16.3 Å². The van der Waals surface area contributed by atoms with Gasteiger partial charge in [-0.25, -0.2) is 0 Å². The van der Waals surface area contributed by atoms with Crippen LogP contribution in [0.3, 0.4) is 0 Å². The molecule has 0 bridgehead atoms. The Balaban J connectivity index is 0.00000144. The van der Waals surface area contributed by atoms with Gasteiger partial charge in [0, 0.05) is 37.9 Å². The first-order valence-electron chi connectivity index (χ1n) is 5.69. The second-order valence-electron chi connectivity index (χ2n) is 3.78. The summed E-state index contributed by atoms with van der Waals surface area (Å²) in [6, 6.07) is 5.98. The largest absolute Gasteiger partial charge is 0.492 e. The SMILES string of the molecule is CCOc1cc(N2CCNCC2)ccc1Cl.Cl.Cl. The van der Waals surface area contributed by atoms with Crippen molar-refractivity contribution >= 4 is 42.1 Å². The molecule has 0 amide bonds. The minimum Gasteiger partial charge on any atom is -0.492 e. The number of halogens is 3. The Labute approximate surface area is 126 Å². The molecule has 0 aromatic heterocycles. The summed E-state index contributed by atoms with van der Waals surface area (Å²) in [5.74, 6) is 0.778. The highest BCUT2D eigenvalue weighted by atomic mass is 35.5. The Bertz CT molecular complexity index is 357. The third-order valence-electron chi connectivity index (χ3n) is 2.70. The molecule has 0 unspecified atom stereocenters. The second kappa shape index (κ2) is 8.70. The summed E-state index contributed by atoms with van der Waals surface area (Å²) < 4.78 is 5.49. The van der Waals surface area contributed by atoms with Crippen molar-refractivity contribution in [2.24, 2.45) is 0 Å². The van der Waals surface area contributed by atoms with Crippen molar-refractivity contribution in [1.29, 1.82) is 0 Å². The van der Waals surface area contributed by atoms with Gasteiger partial charge in [-0.1, -0.05) is 11.6 Å². The standard InChI is InChI=1S/C12H17ClN2O.2ClH/c1-2-16-12-9-10(3-4-11(12)13)15-7-5-14-6-8-15;;/h3-4,9,14H,2,5-8H2,1H3;2*1H. The molecule has 18 heavy (non-hydrogen) atoms. The molecule has 6 heteroatoms. The topological polar surface area (TPSA) is 24.5 Å². The van der Waals surface area contributed by atoms with E-state index in [1.807, 2.05) is 19.1 Å². The zero-order valence-electron chi connectivity index (χ0n) is 10.3. The first kappa shape index (κ1) is 17.6. The lowest BCUT2D eigenvalue weighted by atomic mass is 10.2. The van der Waals surface area contributed by atoms with Gasteiger partial charge in [0.25, 0.3) is 0 Å². The van der Waals surface area contributed by atoms with Gasteiger partial charge in [-0.3, -0.25) is 0 Å². The van der Waals surface area contributed by atoms with Crippen molar-refractivity contribution < 1.29 is 4.74 Å². The fourth-order valence-corrected chi connectivity index (χ4v) is 2.05. The summed E-state index contributed by atoms with van der Waals surface area (Å²) in [7, 11) is 0. The number of piperazine rings is 1. The number of hydrogen-bond donors (Lipinski definition) is 1. The maximum absolute atomic E-state index is 6.06. The van der Waals surface area contributed by atoms with Crippen molar-refractivity contribution in [1.82, 2.24) is 5.32 Å². The van der Waals surface area contributed by atoms with Crippen LogP contribution in [0.15, 0.2) is 18.2 Å². The number of nitrogens with zero attached hydrogens (tertiary/aromatic N) is 1. The Morgan fingerprint density at radius 2 is 1.94 bits per heavy atom. The van der Waals surface area contributed by atoms with Crippen LogP contribution in [-0.4, -0.2) is 32.8 Å². The molecule has 1 aliphatic rings. The molecule has 1 fully saturated rings. The average molecular weight is 314 g/mol. The molecule has 1 aromatic carbocycles. The predicted molar refractivity (Wildman–Crippen MR) is 82.2 cm³/mol. The number of ether oxygens (including phenoxy) is 1. The van der Waals surface area contributed by atoms with E-state index in [1.54, 1.807) is 0 Å². The normalized spacial score (nSPS) is 14.4. The maximum atomic E-state index is 6.06. The number of anilines is 1. The molecule has 3 nitrogen and oxygen atoms in total. The molecule has 1 aliphatic heterocycles. The highest BCUT2D eigenvalue weighted by Gasteiger charge is 2.12. The fraction of sp³-hybridized carbons (Fsp3) is 0.500. The highest BCUT2D eigenvalue weighted by Crippen LogP contribution is 2.29. The molecule has 2 rings (SSSR count). The monoisotopic (exact) mass is 312 g/mol. The zero-order chi connectivity index (χ0) is 11.4. The van der Waals surface area contributed by atoms with E-state index in [9.17, 15) is 0 Å². The van der Waals surface area contributed by atoms with E-state index in [-0.39, 0.29) is 24.8 Å². The van der Waals surface area contributed by atoms with Crippen LogP contribution in [-0.2, 0) is 0 Å². The Morgan fingerprint density at radius 3 is 2.56 bits per heavy atom. The smallest absolute Gasteiger partial charge is 0.139 e. The Kier molecular flexibility index (Phi) is 8.53. The van der Waals surface area contributed by atoms with Gasteiger partial charge in [0.2, 0.25) is 0 Å². The quantitative estimate of drug-likeness (QED) is 0.928. The minimum atomic E-state index is 0. The van der Waals surface area contributed by atoms with Crippen LogP contribution < -0.4 is 15.0 Å². The van der Waals surface area contributed by atoms with Crippen LogP contribution in [0.1, 0.15) is 6.92 Å². The zero-order valence-corrected chi connectivity index (χ0v) is 12.7. The van der Waals surface area contributed by atoms with Crippen LogP contribution in [0.2, 0.25) is 5.02 Å². The van der Waals surface area contributed by atoms with Crippen molar-refractivity contribution in [3.63, 3.8) is 0 Å². The molecule has 1 saturated heterocycles. The number of nitrogens with one attached hydrogen (secondary N) is 1. The number of hydrogen-bond acceptors (Lipinski definition) is 3. The van der Waals surface area contributed by atoms with E-state index in [1.165, 1.54) is 5.69 Å². The van der Waals surface area contributed by atoms with Gasteiger partial charge in [-0.15, -0.1) is 24.8 Å². The summed E-state index contributed by atoms with van der Waals surface area (Å²) >= 11 is 6.06. The van der Waals surface area contributed by atoms with Gasteiger partial charge in [0.1, 0.15) is 5.75 Å².